The van der Waals surface area contributed by atoms with Crippen LogP contribution in [0.5, 0.6) is 0 Å². The smallest absolute Gasteiger partial charge is 0.261 e. The van der Waals surface area contributed by atoms with Gasteiger partial charge in [0.15, 0.2) is 5.84 Å². The first-order valence-electron chi connectivity index (χ1n) is 6.88. The van der Waals surface area contributed by atoms with Crippen LogP contribution in [0.3, 0.4) is 0 Å². The highest BCUT2D eigenvalue weighted by Crippen LogP contribution is 2.35. The summed E-state index contributed by atoms with van der Waals surface area (Å²) in [6, 6.07) is 11.7. The minimum absolute atomic E-state index is 0.150. The molecule has 3 N–H and O–H groups in total. The second kappa shape index (κ2) is 5.09. The molecule has 1 aliphatic rings. The third kappa shape index (κ3) is 2.20. The van der Waals surface area contributed by atoms with Gasteiger partial charge < -0.3 is 15.5 Å². The van der Waals surface area contributed by atoms with E-state index in [2.05, 4.69) is 17.3 Å². The van der Waals surface area contributed by atoms with E-state index in [1.54, 1.807) is 10.6 Å². The largest absolute Gasteiger partial charge is 0.409 e. The van der Waals surface area contributed by atoms with E-state index in [4.69, 9.17) is 10.9 Å². The molecule has 1 aliphatic carbocycles. The van der Waals surface area contributed by atoms with E-state index >= 15 is 0 Å². The topological polar surface area (TPSA) is 80.6 Å². The summed E-state index contributed by atoms with van der Waals surface area (Å²) in [5.74, 6) is 0.197. The Morgan fingerprint density at radius 3 is 2.86 bits per heavy atom. The summed E-state index contributed by atoms with van der Waals surface area (Å²) in [6.07, 6.45) is 0.982. The van der Waals surface area contributed by atoms with Crippen molar-refractivity contribution in [1.29, 1.82) is 0 Å². The molecular formula is C16H17N3O2. The lowest BCUT2D eigenvalue weighted by molar-refractivity contribution is 0.318. The van der Waals surface area contributed by atoms with Gasteiger partial charge in [0.2, 0.25) is 0 Å². The van der Waals surface area contributed by atoms with Gasteiger partial charge in [0.1, 0.15) is 0 Å². The van der Waals surface area contributed by atoms with Crippen LogP contribution in [0.25, 0.3) is 0 Å². The highest BCUT2D eigenvalue weighted by Gasteiger charge is 2.26. The fourth-order valence-corrected chi connectivity index (χ4v) is 2.89. The van der Waals surface area contributed by atoms with Gasteiger partial charge in [-0.3, -0.25) is 4.79 Å². The summed E-state index contributed by atoms with van der Waals surface area (Å²) in [4.78, 5) is 12.5. The van der Waals surface area contributed by atoms with Gasteiger partial charge in [-0.05, 0) is 36.6 Å². The Kier molecular flexibility index (Phi) is 3.25. The van der Waals surface area contributed by atoms with Crippen LogP contribution < -0.4 is 11.3 Å². The Hall–Kier alpha value is -2.56. The van der Waals surface area contributed by atoms with Crippen molar-refractivity contribution in [2.24, 2.45) is 10.9 Å². The average Bonchev–Trinajstić information content (AvgIpc) is 2.47. The van der Waals surface area contributed by atoms with Gasteiger partial charge in [-0.25, -0.2) is 0 Å². The molecule has 0 fully saturated rings. The number of hydrogen-bond donors (Lipinski definition) is 2. The molecule has 0 spiro atoms. The van der Waals surface area contributed by atoms with Gasteiger partial charge in [0, 0.05) is 18.2 Å². The van der Waals surface area contributed by atoms with E-state index in [0.717, 1.165) is 12.1 Å². The zero-order chi connectivity index (χ0) is 15.0. The highest BCUT2D eigenvalue weighted by molar-refractivity contribution is 5.96. The van der Waals surface area contributed by atoms with Gasteiger partial charge in [-0.2, -0.15) is 0 Å². The first-order valence-corrected chi connectivity index (χ1v) is 6.88. The summed E-state index contributed by atoms with van der Waals surface area (Å²) >= 11 is 0. The molecule has 1 atom stereocenters. The standard InChI is InChI=1S/C16H17N3O2/c1-10-6-7-14(15(17)18-21)16(20)19(10)9-12-8-11-4-2-3-5-13(11)12/h2-7,12,21H,8-9H2,1H3,(H2,17,18). The minimum Gasteiger partial charge on any atom is -0.409 e. The van der Waals surface area contributed by atoms with Gasteiger partial charge >= 0.3 is 0 Å². The summed E-state index contributed by atoms with van der Waals surface area (Å²) in [7, 11) is 0. The van der Waals surface area contributed by atoms with Gasteiger partial charge in [0.05, 0.1) is 5.56 Å². The maximum Gasteiger partial charge on any atom is 0.261 e. The number of amidine groups is 1. The summed E-state index contributed by atoms with van der Waals surface area (Å²) < 4.78 is 1.70. The van der Waals surface area contributed by atoms with Crippen LogP contribution in [-0.4, -0.2) is 15.6 Å². The zero-order valence-electron chi connectivity index (χ0n) is 11.8. The molecule has 0 saturated heterocycles. The fourth-order valence-electron chi connectivity index (χ4n) is 2.89. The van der Waals surface area contributed by atoms with Crippen molar-refractivity contribution in [3.8, 4) is 0 Å². The van der Waals surface area contributed by atoms with Crippen LogP contribution in [0.4, 0.5) is 0 Å². The second-order valence-electron chi connectivity index (χ2n) is 5.39. The lowest BCUT2D eigenvalue weighted by atomic mass is 9.77. The number of nitrogens with two attached hydrogens (primary N) is 1. The molecule has 0 bridgehead atoms. The molecule has 108 valence electrons. The zero-order valence-corrected chi connectivity index (χ0v) is 11.8. The molecule has 2 aromatic rings. The van der Waals surface area contributed by atoms with Crippen LogP contribution in [0, 0.1) is 6.92 Å². The van der Waals surface area contributed by atoms with E-state index in [1.807, 2.05) is 25.1 Å². The van der Waals surface area contributed by atoms with Crippen LogP contribution in [0.15, 0.2) is 46.3 Å². The van der Waals surface area contributed by atoms with Crippen molar-refractivity contribution in [1.82, 2.24) is 4.57 Å². The number of hydrogen-bond acceptors (Lipinski definition) is 3. The first kappa shape index (κ1) is 13.4. The van der Waals surface area contributed by atoms with Crippen molar-refractivity contribution in [3.05, 3.63) is 69.1 Å². The second-order valence-corrected chi connectivity index (χ2v) is 5.39. The monoisotopic (exact) mass is 283 g/mol. The number of benzene rings is 1. The molecule has 1 aromatic carbocycles. The maximum atomic E-state index is 12.5. The molecule has 1 unspecified atom stereocenters. The van der Waals surface area contributed by atoms with Crippen molar-refractivity contribution >= 4 is 5.84 Å². The Bertz CT molecular complexity index is 777. The average molecular weight is 283 g/mol. The number of aryl methyl sites for hydroxylation is 1. The van der Waals surface area contributed by atoms with Crippen molar-refractivity contribution < 1.29 is 5.21 Å². The van der Waals surface area contributed by atoms with Crippen molar-refractivity contribution in [3.63, 3.8) is 0 Å². The Morgan fingerprint density at radius 2 is 2.14 bits per heavy atom. The van der Waals surface area contributed by atoms with E-state index in [9.17, 15) is 4.79 Å². The lowest BCUT2D eigenvalue weighted by Gasteiger charge is -2.31. The van der Waals surface area contributed by atoms with Crippen LogP contribution in [0.2, 0.25) is 0 Å². The normalized spacial score (nSPS) is 17.2. The van der Waals surface area contributed by atoms with E-state index < -0.39 is 0 Å². The molecule has 1 aromatic heterocycles. The number of rotatable bonds is 3. The van der Waals surface area contributed by atoms with Crippen molar-refractivity contribution in [2.45, 2.75) is 25.8 Å². The predicted octanol–water partition coefficient (Wildman–Crippen LogP) is 1.59. The number of fused-ring (bicyclic) bond motifs is 1. The van der Waals surface area contributed by atoms with Gasteiger partial charge in [0.25, 0.3) is 5.56 Å². The number of pyridine rings is 1. The van der Waals surface area contributed by atoms with Gasteiger partial charge in [-0.15, -0.1) is 0 Å². The Balaban J connectivity index is 1.96. The maximum absolute atomic E-state index is 12.5. The molecule has 0 radical (unpaired) electrons. The summed E-state index contributed by atoms with van der Waals surface area (Å²) in [5, 5.41) is 11.7. The fraction of sp³-hybridized carbons (Fsp3) is 0.250. The van der Waals surface area contributed by atoms with Crippen LogP contribution in [0.1, 0.15) is 28.3 Å². The number of aromatic nitrogens is 1. The molecular weight excluding hydrogens is 266 g/mol. The minimum atomic E-state index is -0.213. The molecule has 1 heterocycles. The molecule has 0 amide bonds. The lowest BCUT2D eigenvalue weighted by Crippen LogP contribution is -2.34. The molecule has 3 rings (SSSR count). The summed E-state index contributed by atoms with van der Waals surface area (Å²) in [6.45, 7) is 2.51. The SMILES string of the molecule is Cc1ccc(/C(N)=N/O)c(=O)n1CC1Cc2ccccc21. The quantitative estimate of drug-likeness (QED) is 0.388. The molecule has 0 aliphatic heterocycles. The van der Waals surface area contributed by atoms with Gasteiger partial charge in [-0.1, -0.05) is 29.4 Å². The molecule has 0 saturated carbocycles. The highest BCUT2D eigenvalue weighted by atomic mass is 16.4. The molecule has 21 heavy (non-hydrogen) atoms. The predicted molar refractivity (Wildman–Crippen MR) is 80.8 cm³/mol. The van der Waals surface area contributed by atoms with Crippen LogP contribution >= 0.6 is 0 Å². The van der Waals surface area contributed by atoms with E-state index in [0.29, 0.717) is 12.5 Å². The van der Waals surface area contributed by atoms with Crippen LogP contribution in [-0.2, 0) is 13.0 Å². The number of oxime groups is 1. The molecule has 5 heteroatoms. The molecule has 5 nitrogen and oxygen atoms in total. The Labute approximate surface area is 122 Å². The van der Waals surface area contributed by atoms with E-state index in [-0.39, 0.29) is 17.0 Å². The van der Waals surface area contributed by atoms with Crippen molar-refractivity contribution in [2.75, 3.05) is 0 Å². The summed E-state index contributed by atoms with van der Waals surface area (Å²) in [5.41, 5.74) is 9.10. The third-order valence-corrected chi connectivity index (χ3v) is 4.14. The first-order chi connectivity index (χ1) is 10.1. The third-order valence-electron chi connectivity index (χ3n) is 4.14. The number of nitrogens with zero attached hydrogens (tertiary/aromatic N) is 2. The van der Waals surface area contributed by atoms with E-state index in [1.165, 1.54) is 11.1 Å². The Morgan fingerprint density at radius 1 is 1.38 bits per heavy atom.